The fraction of sp³-hybridized carbons (Fsp3) is 0.696. The summed E-state index contributed by atoms with van der Waals surface area (Å²) in [7, 11) is 0. The van der Waals surface area contributed by atoms with E-state index in [1.54, 1.807) is 6.08 Å². The molecule has 0 spiro atoms. The van der Waals surface area contributed by atoms with Gasteiger partial charge in [0.25, 0.3) is 0 Å². The first-order valence-electron chi connectivity index (χ1n) is 10.6. The minimum atomic E-state index is -1.62. The van der Waals surface area contributed by atoms with Crippen LogP contribution in [0.25, 0.3) is 0 Å². The second-order valence-electron chi connectivity index (χ2n) is 9.78. The Morgan fingerprint density at radius 3 is 2.62 bits per heavy atom. The minimum absolute atomic E-state index is 0.0654. The molecule has 0 aliphatic heterocycles. The number of carbonyl (C=O) groups is 3. The van der Waals surface area contributed by atoms with Crippen LogP contribution in [0.2, 0.25) is 0 Å². The van der Waals surface area contributed by atoms with E-state index in [0.29, 0.717) is 25.7 Å². The molecule has 2 N–H and O–H groups in total. The summed E-state index contributed by atoms with van der Waals surface area (Å²) >= 11 is 0. The Morgan fingerprint density at radius 2 is 1.93 bits per heavy atom. The highest BCUT2D eigenvalue weighted by molar-refractivity contribution is 5.92. The summed E-state index contributed by atoms with van der Waals surface area (Å²) in [5, 5.41) is 22.6. The van der Waals surface area contributed by atoms with Gasteiger partial charge in [-0.1, -0.05) is 19.4 Å². The van der Waals surface area contributed by atoms with E-state index >= 15 is 0 Å². The van der Waals surface area contributed by atoms with Crippen LogP contribution in [0, 0.1) is 22.7 Å². The number of ketones is 2. The molecule has 4 aliphatic rings. The van der Waals surface area contributed by atoms with Crippen molar-refractivity contribution < 1.29 is 29.3 Å². The van der Waals surface area contributed by atoms with Crippen LogP contribution < -0.4 is 0 Å². The van der Waals surface area contributed by atoms with Crippen molar-refractivity contribution in [3.63, 3.8) is 0 Å². The fourth-order valence-electron chi connectivity index (χ4n) is 6.80. The van der Waals surface area contributed by atoms with E-state index in [1.165, 1.54) is 6.92 Å². The number of ether oxygens (including phenoxy) is 1. The third kappa shape index (κ3) is 2.75. The van der Waals surface area contributed by atoms with E-state index in [-0.39, 0.29) is 35.2 Å². The largest absolute Gasteiger partial charge is 0.512 e. The molecule has 0 saturated heterocycles. The van der Waals surface area contributed by atoms with Crippen LogP contribution in [-0.2, 0) is 19.1 Å². The molecule has 2 saturated carbocycles. The third-order valence-corrected chi connectivity index (χ3v) is 8.38. The Morgan fingerprint density at radius 1 is 1.21 bits per heavy atom. The molecule has 6 nitrogen and oxygen atoms in total. The van der Waals surface area contributed by atoms with Crippen molar-refractivity contribution in [1.82, 2.24) is 0 Å². The second kappa shape index (κ2) is 6.53. The molecule has 6 heteroatoms. The lowest BCUT2D eigenvalue weighted by atomic mass is 9.50. The predicted molar refractivity (Wildman–Crippen MR) is 105 cm³/mol. The van der Waals surface area contributed by atoms with E-state index in [9.17, 15) is 24.6 Å². The Labute approximate surface area is 171 Å². The number of carbonyl (C=O) groups excluding carboxylic acids is 3. The van der Waals surface area contributed by atoms with E-state index in [1.807, 2.05) is 6.92 Å². The number of hydrogen-bond acceptors (Lipinski definition) is 6. The topological polar surface area (TPSA) is 101 Å². The average Bonchev–Trinajstić information content (AvgIpc) is 2.91. The van der Waals surface area contributed by atoms with Gasteiger partial charge < -0.3 is 14.9 Å². The summed E-state index contributed by atoms with van der Waals surface area (Å²) in [4.78, 5) is 35.9. The van der Waals surface area contributed by atoms with Crippen LogP contribution in [0.3, 0.4) is 0 Å². The number of aliphatic hydroxyl groups excluding tert-OH is 1. The van der Waals surface area contributed by atoms with E-state index in [0.717, 1.165) is 24.0 Å². The van der Waals surface area contributed by atoms with Crippen molar-refractivity contribution in [2.75, 3.05) is 6.61 Å². The SMILES string of the molecule is CC(=O)OCC(=O)[C@@]1(O)CCC2[C@@H]3CCC4=CC(=O)CC[C@]4(C)C3=C(O)C[C@@]21C. The number of fused-ring (bicyclic) bond motifs is 5. The molecule has 0 radical (unpaired) electrons. The maximum Gasteiger partial charge on any atom is 0.303 e. The van der Waals surface area contributed by atoms with Gasteiger partial charge >= 0.3 is 5.97 Å². The lowest BCUT2D eigenvalue weighted by molar-refractivity contribution is -0.163. The molecule has 5 atom stereocenters. The zero-order chi connectivity index (χ0) is 21.2. The van der Waals surface area contributed by atoms with Gasteiger partial charge in [0.05, 0.1) is 5.76 Å². The molecule has 158 valence electrons. The highest BCUT2D eigenvalue weighted by atomic mass is 16.5. The molecule has 4 rings (SSSR count). The monoisotopic (exact) mass is 402 g/mol. The number of rotatable bonds is 3. The standard InChI is InChI=1S/C23H30O6/c1-13(24)29-12-19(27)23(28)9-7-17-16-5-4-14-10-15(25)6-8-21(14,2)20(16)18(26)11-22(17,23)3/h10,16-17,26,28H,4-9,11-12H2,1-3H3/t16-,17?,21-,22-,23-/m0/s1. The Hall–Kier alpha value is -1.95. The number of esters is 1. The van der Waals surface area contributed by atoms with E-state index in [4.69, 9.17) is 4.74 Å². The molecule has 0 bridgehead atoms. The van der Waals surface area contributed by atoms with E-state index < -0.39 is 29.4 Å². The van der Waals surface area contributed by atoms with Crippen molar-refractivity contribution in [3.8, 4) is 0 Å². The summed E-state index contributed by atoms with van der Waals surface area (Å²) in [6.45, 7) is 4.81. The fourth-order valence-corrected chi connectivity index (χ4v) is 6.80. The zero-order valence-electron chi connectivity index (χ0n) is 17.4. The Balaban J connectivity index is 1.72. The molecule has 29 heavy (non-hydrogen) atoms. The summed E-state index contributed by atoms with van der Waals surface area (Å²) in [6.07, 6.45) is 5.78. The molecule has 1 unspecified atom stereocenters. The molecule has 0 heterocycles. The first kappa shape index (κ1) is 20.3. The third-order valence-electron chi connectivity index (χ3n) is 8.38. The average molecular weight is 402 g/mol. The molecule has 0 aromatic heterocycles. The van der Waals surface area contributed by atoms with Crippen LogP contribution in [0.15, 0.2) is 23.0 Å². The summed E-state index contributed by atoms with van der Waals surface area (Å²) in [5.74, 6) is -0.475. The second-order valence-corrected chi connectivity index (χ2v) is 9.78. The van der Waals surface area contributed by atoms with Crippen LogP contribution in [0.1, 0.15) is 65.7 Å². The van der Waals surface area contributed by atoms with Crippen molar-refractivity contribution in [2.24, 2.45) is 22.7 Å². The molecule has 0 amide bonds. The van der Waals surface area contributed by atoms with Gasteiger partial charge in [0, 0.05) is 30.6 Å². The van der Waals surface area contributed by atoms with Gasteiger partial charge in [-0.3, -0.25) is 14.4 Å². The maximum absolute atomic E-state index is 12.9. The van der Waals surface area contributed by atoms with Gasteiger partial charge in [-0.2, -0.15) is 0 Å². The molecule has 0 aromatic carbocycles. The highest BCUT2D eigenvalue weighted by Gasteiger charge is 2.66. The first-order valence-corrected chi connectivity index (χ1v) is 10.6. The number of aliphatic hydroxyl groups is 2. The first-order chi connectivity index (χ1) is 13.5. The highest BCUT2D eigenvalue weighted by Crippen LogP contribution is 2.66. The van der Waals surface area contributed by atoms with Gasteiger partial charge in [0.15, 0.2) is 12.4 Å². The van der Waals surface area contributed by atoms with Gasteiger partial charge in [-0.15, -0.1) is 0 Å². The smallest absolute Gasteiger partial charge is 0.303 e. The maximum atomic E-state index is 12.9. The number of Topliss-reactive ketones (excluding diaryl/α,β-unsaturated/α-hetero) is 1. The van der Waals surface area contributed by atoms with Gasteiger partial charge in [0.1, 0.15) is 5.60 Å². The van der Waals surface area contributed by atoms with Crippen LogP contribution in [0.5, 0.6) is 0 Å². The Kier molecular flexibility index (Phi) is 4.57. The van der Waals surface area contributed by atoms with Crippen LogP contribution in [-0.4, -0.2) is 40.0 Å². The lowest BCUT2D eigenvalue weighted by Gasteiger charge is -2.55. The zero-order valence-corrected chi connectivity index (χ0v) is 17.4. The molecule has 2 fully saturated rings. The lowest BCUT2D eigenvalue weighted by Crippen LogP contribution is -2.56. The molecular weight excluding hydrogens is 372 g/mol. The number of allylic oxidation sites excluding steroid dienone is 4. The van der Waals surface area contributed by atoms with Crippen molar-refractivity contribution in [1.29, 1.82) is 0 Å². The van der Waals surface area contributed by atoms with Crippen molar-refractivity contribution in [2.45, 2.75) is 71.3 Å². The summed E-state index contributed by atoms with van der Waals surface area (Å²) in [5.41, 5.74) is -0.613. The van der Waals surface area contributed by atoms with Gasteiger partial charge in [-0.05, 0) is 55.6 Å². The summed E-state index contributed by atoms with van der Waals surface area (Å²) in [6, 6.07) is 0. The molecular formula is C23H30O6. The van der Waals surface area contributed by atoms with Crippen molar-refractivity contribution in [3.05, 3.63) is 23.0 Å². The predicted octanol–water partition coefficient (Wildman–Crippen LogP) is 3.19. The van der Waals surface area contributed by atoms with Crippen molar-refractivity contribution >= 4 is 17.5 Å². The van der Waals surface area contributed by atoms with Gasteiger partial charge in [0.2, 0.25) is 5.78 Å². The Bertz CT molecular complexity index is 853. The molecule has 4 aliphatic carbocycles. The molecule has 0 aromatic rings. The summed E-state index contributed by atoms with van der Waals surface area (Å²) < 4.78 is 4.87. The van der Waals surface area contributed by atoms with Crippen LogP contribution >= 0.6 is 0 Å². The van der Waals surface area contributed by atoms with Crippen LogP contribution in [0.4, 0.5) is 0 Å². The van der Waals surface area contributed by atoms with E-state index in [2.05, 4.69) is 6.92 Å². The quantitative estimate of drug-likeness (QED) is 0.703. The minimum Gasteiger partial charge on any atom is -0.512 e. The van der Waals surface area contributed by atoms with Gasteiger partial charge in [-0.25, -0.2) is 0 Å². The normalized spacial score (nSPS) is 41.2. The number of hydrogen-bond donors (Lipinski definition) is 2.